The summed E-state index contributed by atoms with van der Waals surface area (Å²) in [5.74, 6) is 0.427. The van der Waals surface area contributed by atoms with Gasteiger partial charge in [0.15, 0.2) is 0 Å². The third-order valence-corrected chi connectivity index (χ3v) is 6.80. The Hall–Kier alpha value is -3.28. The Morgan fingerprint density at radius 3 is 2.85 bits per heavy atom. The predicted octanol–water partition coefficient (Wildman–Crippen LogP) is 4.10. The number of ether oxygens (including phenoxy) is 2. The molecule has 1 aliphatic carbocycles. The molecule has 3 aromatic heterocycles. The first kappa shape index (κ1) is 21.6. The first-order chi connectivity index (χ1) is 15.9. The molecule has 1 atom stereocenters. The van der Waals surface area contributed by atoms with Gasteiger partial charge in [-0.15, -0.1) is 0 Å². The third-order valence-electron chi connectivity index (χ3n) is 6.80. The number of hydrogen-bond donors (Lipinski definition) is 1. The average molecular weight is 446 g/mol. The Morgan fingerprint density at radius 1 is 1.36 bits per heavy atom. The second kappa shape index (κ2) is 8.25. The molecule has 4 heterocycles. The van der Waals surface area contributed by atoms with E-state index >= 15 is 0 Å². The lowest BCUT2D eigenvalue weighted by molar-refractivity contribution is -0.114. The van der Waals surface area contributed by atoms with Crippen LogP contribution in [0.3, 0.4) is 0 Å². The number of fused-ring (bicyclic) bond motifs is 1. The van der Waals surface area contributed by atoms with Crippen LogP contribution in [0, 0.1) is 24.2 Å². The molecule has 8 nitrogen and oxygen atoms in total. The second-order valence-electron chi connectivity index (χ2n) is 9.09. The molecule has 8 heteroatoms. The van der Waals surface area contributed by atoms with Gasteiger partial charge in [0.25, 0.3) is 0 Å². The quantitative estimate of drug-likeness (QED) is 0.634. The summed E-state index contributed by atoms with van der Waals surface area (Å²) < 4.78 is 13.7. The summed E-state index contributed by atoms with van der Waals surface area (Å²) in [5, 5.41) is 13.0. The molecule has 1 amide bonds. The number of methoxy groups -OCH3 is 1. The van der Waals surface area contributed by atoms with E-state index in [0.717, 1.165) is 52.7 Å². The van der Waals surface area contributed by atoms with Crippen molar-refractivity contribution in [3.05, 3.63) is 41.9 Å². The molecule has 0 bridgehead atoms. The maximum Gasteiger partial charge on any atom is 0.222 e. The number of anilines is 1. The first-order valence-corrected chi connectivity index (χ1v) is 11.2. The topological polar surface area (TPSA) is 102 Å². The zero-order chi connectivity index (χ0) is 23.2. The van der Waals surface area contributed by atoms with Crippen LogP contribution in [0.2, 0.25) is 0 Å². The minimum Gasteiger partial charge on any atom is -0.378 e. The van der Waals surface area contributed by atoms with Gasteiger partial charge in [0, 0.05) is 50.2 Å². The number of aromatic nitrogens is 3. The number of pyridine rings is 2. The van der Waals surface area contributed by atoms with Crippen LogP contribution < -0.4 is 5.32 Å². The molecule has 0 spiro atoms. The Bertz CT molecular complexity index is 1260. The Labute approximate surface area is 192 Å². The molecule has 5 rings (SSSR count). The number of rotatable bonds is 5. The second-order valence-corrected chi connectivity index (χ2v) is 9.09. The van der Waals surface area contributed by atoms with Gasteiger partial charge in [-0.2, -0.15) is 5.26 Å². The van der Waals surface area contributed by atoms with Crippen LogP contribution in [0.5, 0.6) is 0 Å². The minimum absolute atomic E-state index is 0.0927. The number of aryl methyl sites for hydroxylation is 1. The molecule has 1 saturated heterocycles. The zero-order valence-electron chi connectivity index (χ0n) is 19.1. The molecule has 3 aromatic rings. The molecular formula is C25H27N5O3. The third kappa shape index (κ3) is 3.77. The number of amides is 1. The van der Waals surface area contributed by atoms with Crippen molar-refractivity contribution in [1.82, 2.24) is 14.5 Å². The Kier molecular flexibility index (Phi) is 5.39. The van der Waals surface area contributed by atoms with E-state index in [1.54, 1.807) is 13.3 Å². The first-order valence-electron chi connectivity index (χ1n) is 11.2. The van der Waals surface area contributed by atoms with E-state index in [2.05, 4.69) is 46.2 Å². The van der Waals surface area contributed by atoms with Gasteiger partial charge < -0.3 is 19.4 Å². The highest BCUT2D eigenvalue weighted by Crippen LogP contribution is 2.43. The molecule has 1 aliphatic heterocycles. The maximum atomic E-state index is 11.6. The predicted molar refractivity (Wildman–Crippen MR) is 124 cm³/mol. The van der Waals surface area contributed by atoms with Gasteiger partial charge >= 0.3 is 0 Å². The molecule has 170 valence electrons. The SMILES string of the molecule is COC1(c2cc(C)cc(-c3cn(C4CC(C#N)C4)c4cnc(NC(C)=O)cc34)n2)CCOC1. The van der Waals surface area contributed by atoms with E-state index in [-0.39, 0.29) is 17.9 Å². The van der Waals surface area contributed by atoms with Crippen LogP contribution in [-0.2, 0) is 19.9 Å². The molecule has 0 aromatic carbocycles. The van der Waals surface area contributed by atoms with Crippen LogP contribution in [0.15, 0.2) is 30.6 Å². The van der Waals surface area contributed by atoms with Crippen molar-refractivity contribution in [2.75, 3.05) is 25.6 Å². The molecular weight excluding hydrogens is 418 g/mol. The summed E-state index contributed by atoms with van der Waals surface area (Å²) in [6, 6.07) is 8.64. The fourth-order valence-corrected chi connectivity index (χ4v) is 4.88. The monoisotopic (exact) mass is 445 g/mol. The van der Waals surface area contributed by atoms with Crippen molar-refractivity contribution in [1.29, 1.82) is 5.26 Å². The highest BCUT2D eigenvalue weighted by Gasteiger charge is 2.39. The zero-order valence-corrected chi connectivity index (χ0v) is 19.1. The van der Waals surface area contributed by atoms with E-state index in [4.69, 9.17) is 14.5 Å². The van der Waals surface area contributed by atoms with E-state index in [1.807, 2.05) is 6.07 Å². The fourth-order valence-electron chi connectivity index (χ4n) is 4.88. The summed E-state index contributed by atoms with van der Waals surface area (Å²) in [6.45, 7) is 4.65. The molecule has 33 heavy (non-hydrogen) atoms. The minimum atomic E-state index is -0.546. The largest absolute Gasteiger partial charge is 0.378 e. The highest BCUT2D eigenvalue weighted by molar-refractivity contribution is 5.98. The number of nitrogens with zero attached hydrogens (tertiary/aromatic N) is 4. The smallest absolute Gasteiger partial charge is 0.222 e. The molecule has 1 unspecified atom stereocenters. The van der Waals surface area contributed by atoms with Crippen LogP contribution in [-0.4, -0.2) is 40.8 Å². The summed E-state index contributed by atoms with van der Waals surface area (Å²) in [7, 11) is 1.71. The van der Waals surface area contributed by atoms with Gasteiger partial charge in [0.05, 0.1) is 41.7 Å². The van der Waals surface area contributed by atoms with Crippen molar-refractivity contribution in [3.63, 3.8) is 0 Å². The van der Waals surface area contributed by atoms with Crippen molar-refractivity contribution >= 4 is 22.6 Å². The van der Waals surface area contributed by atoms with Gasteiger partial charge in [-0.3, -0.25) is 4.79 Å². The lowest BCUT2D eigenvalue weighted by Gasteiger charge is -2.32. The van der Waals surface area contributed by atoms with Gasteiger partial charge in [-0.1, -0.05) is 0 Å². The normalized spacial score (nSPS) is 24.4. The Morgan fingerprint density at radius 2 is 2.18 bits per heavy atom. The van der Waals surface area contributed by atoms with Crippen molar-refractivity contribution in [3.8, 4) is 17.3 Å². The molecule has 1 N–H and O–H groups in total. The number of carbonyl (C=O) groups is 1. The van der Waals surface area contributed by atoms with E-state index < -0.39 is 5.60 Å². The average Bonchev–Trinajstić information content (AvgIpc) is 3.38. The van der Waals surface area contributed by atoms with Crippen LogP contribution in [0.4, 0.5) is 5.82 Å². The number of nitriles is 1. The van der Waals surface area contributed by atoms with E-state index in [9.17, 15) is 10.1 Å². The lowest BCUT2D eigenvalue weighted by Crippen LogP contribution is -2.30. The summed E-state index contributed by atoms with van der Waals surface area (Å²) in [4.78, 5) is 21.1. The summed E-state index contributed by atoms with van der Waals surface area (Å²) >= 11 is 0. The number of carbonyl (C=O) groups excluding carboxylic acids is 1. The van der Waals surface area contributed by atoms with Gasteiger partial charge in [-0.25, -0.2) is 9.97 Å². The van der Waals surface area contributed by atoms with Gasteiger partial charge in [-0.05, 0) is 43.5 Å². The molecule has 1 saturated carbocycles. The van der Waals surface area contributed by atoms with E-state index in [1.165, 1.54) is 6.92 Å². The van der Waals surface area contributed by atoms with Crippen LogP contribution in [0.1, 0.15) is 43.5 Å². The molecule has 0 radical (unpaired) electrons. The maximum absolute atomic E-state index is 11.6. The number of hydrogen-bond acceptors (Lipinski definition) is 6. The molecule has 2 aliphatic rings. The van der Waals surface area contributed by atoms with Crippen molar-refractivity contribution < 1.29 is 14.3 Å². The van der Waals surface area contributed by atoms with E-state index in [0.29, 0.717) is 19.0 Å². The fraction of sp³-hybridized carbons (Fsp3) is 0.440. The van der Waals surface area contributed by atoms with Crippen molar-refractivity contribution in [2.24, 2.45) is 5.92 Å². The summed E-state index contributed by atoms with van der Waals surface area (Å²) in [6.07, 6.45) is 6.31. The van der Waals surface area contributed by atoms with Crippen LogP contribution >= 0.6 is 0 Å². The Balaban J connectivity index is 1.65. The van der Waals surface area contributed by atoms with Gasteiger partial charge in [0.1, 0.15) is 11.4 Å². The van der Waals surface area contributed by atoms with Crippen molar-refractivity contribution in [2.45, 2.75) is 44.8 Å². The standard InChI is InChI=1S/C25H27N5O3/c1-15-6-21(29-23(7-15)25(32-3)4-5-33-14-25)20-13-30(18-8-17(9-18)11-26)22-12-27-24(10-19(20)22)28-16(2)31/h6-7,10,12-13,17-18H,4-5,8-9,14H2,1-3H3,(H,27,28,31). The summed E-state index contributed by atoms with van der Waals surface area (Å²) in [5.41, 5.74) is 4.18. The highest BCUT2D eigenvalue weighted by atomic mass is 16.5. The van der Waals surface area contributed by atoms with Gasteiger partial charge in [0.2, 0.25) is 5.91 Å². The number of nitrogens with one attached hydrogen (secondary N) is 1. The van der Waals surface area contributed by atoms with Crippen LogP contribution in [0.25, 0.3) is 22.2 Å². The molecule has 2 fully saturated rings. The lowest BCUT2D eigenvalue weighted by atomic mass is 9.81.